The first-order valence-corrected chi connectivity index (χ1v) is 8.24. The first-order chi connectivity index (χ1) is 9.38. The highest BCUT2D eigenvalue weighted by molar-refractivity contribution is 5.45. The molecular formula is C18H29N. The molecule has 106 valence electrons. The molecule has 0 heterocycles. The molecule has 1 heteroatoms. The van der Waals surface area contributed by atoms with Crippen LogP contribution in [0.4, 0.5) is 5.69 Å². The fourth-order valence-electron chi connectivity index (χ4n) is 2.98. The predicted molar refractivity (Wildman–Crippen MR) is 84.8 cm³/mol. The van der Waals surface area contributed by atoms with Crippen molar-refractivity contribution in [3.05, 3.63) is 29.8 Å². The SMILES string of the molecule is CCCCc1ccc(NC2CCCCCCC2)cc1. The van der Waals surface area contributed by atoms with Gasteiger partial charge in [-0.15, -0.1) is 0 Å². The van der Waals surface area contributed by atoms with E-state index in [0.717, 1.165) is 0 Å². The van der Waals surface area contributed by atoms with Crippen LogP contribution in [-0.2, 0) is 6.42 Å². The summed E-state index contributed by atoms with van der Waals surface area (Å²) in [6.45, 7) is 2.25. The molecule has 0 amide bonds. The van der Waals surface area contributed by atoms with E-state index >= 15 is 0 Å². The van der Waals surface area contributed by atoms with E-state index in [2.05, 4.69) is 36.5 Å². The van der Waals surface area contributed by atoms with Gasteiger partial charge in [0.2, 0.25) is 0 Å². The Morgan fingerprint density at radius 1 is 0.947 bits per heavy atom. The van der Waals surface area contributed by atoms with Gasteiger partial charge in [-0.05, 0) is 43.4 Å². The average molecular weight is 259 g/mol. The quantitative estimate of drug-likeness (QED) is 0.730. The summed E-state index contributed by atoms with van der Waals surface area (Å²) in [6, 6.07) is 9.82. The zero-order valence-electron chi connectivity index (χ0n) is 12.5. The number of hydrogen-bond donors (Lipinski definition) is 1. The smallest absolute Gasteiger partial charge is 0.0342 e. The summed E-state index contributed by atoms with van der Waals surface area (Å²) < 4.78 is 0. The van der Waals surface area contributed by atoms with Crippen LogP contribution < -0.4 is 5.32 Å². The van der Waals surface area contributed by atoms with Crippen molar-refractivity contribution in [2.45, 2.75) is 77.2 Å². The van der Waals surface area contributed by atoms with Gasteiger partial charge in [0.05, 0.1) is 0 Å². The largest absolute Gasteiger partial charge is 0.382 e. The topological polar surface area (TPSA) is 12.0 Å². The van der Waals surface area contributed by atoms with E-state index in [9.17, 15) is 0 Å². The second kappa shape index (κ2) is 8.24. The fraction of sp³-hybridized carbons (Fsp3) is 0.667. The second-order valence-corrected chi connectivity index (χ2v) is 5.99. The molecule has 0 bridgehead atoms. The van der Waals surface area contributed by atoms with Gasteiger partial charge in [0.15, 0.2) is 0 Å². The number of unbranched alkanes of at least 4 members (excludes halogenated alkanes) is 1. The van der Waals surface area contributed by atoms with E-state index in [-0.39, 0.29) is 0 Å². The minimum Gasteiger partial charge on any atom is -0.382 e. The van der Waals surface area contributed by atoms with Gasteiger partial charge in [-0.2, -0.15) is 0 Å². The van der Waals surface area contributed by atoms with Gasteiger partial charge in [-0.1, -0.05) is 57.6 Å². The van der Waals surface area contributed by atoms with Crippen LogP contribution in [0.15, 0.2) is 24.3 Å². The normalized spacial score (nSPS) is 17.7. The molecule has 1 aliphatic carbocycles. The number of anilines is 1. The molecule has 1 aliphatic rings. The van der Waals surface area contributed by atoms with Crippen LogP contribution >= 0.6 is 0 Å². The van der Waals surface area contributed by atoms with Gasteiger partial charge in [0.25, 0.3) is 0 Å². The Labute approximate surface area is 118 Å². The lowest BCUT2D eigenvalue weighted by molar-refractivity contribution is 0.471. The minimum absolute atomic E-state index is 0.696. The Kier molecular flexibility index (Phi) is 6.26. The highest BCUT2D eigenvalue weighted by atomic mass is 14.9. The summed E-state index contributed by atoms with van der Waals surface area (Å²) in [5, 5.41) is 3.73. The third kappa shape index (κ3) is 5.26. The van der Waals surface area contributed by atoms with Crippen LogP contribution in [0.3, 0.4) is 0 Å². The molecule has 1 aromatic carbocycles. The number of hydrogen-bond acceptors (Lipinski definition) is 1. The number of rotatable bonds is 5. The highest BCUT2D eigenvalue weighted by Crippen LogP contribution is 2.21. The van der Waals surface area contributed by atoms with Crippen molar-refractivity contribution in [2.24, 2.45) is 0 Å². The summed E-state index contributed by atoms with van der Waals surface area (Å²) in [4.78, 5) is 0. The molecule has 0 unspecified atom stereocenters. The summed E-state index contributed by atoms with van der Waals surface area (Å²) in [5.41, 5.74) is 2.79. The average Bonchev–Trinajstić information content (AvgIpc) is 2.41. The van der Waals surface area contributed by atoms with E-state index in [1.165, 1.54) is 75.5 Å². The zero-order chi connectivity index (χ0) is 13.3. The lowest BCUT2D eigenvalue weighted by Crippen LogP contribution is -2.20. The van der Waals surface area contributed by atoms with Crippen molar-refractivity contribution in [1.29, 1.82) is 0 Å². The number of aryl methyl sites for hydroxylation is 1. The number of benzene rings is 1. The van der Waals surface area contributed by atoms with Gasteiger partial charge in [0.1, 0.15) is 0 Å². The van der Waals surface area contributed by atoms with Crippen LogP contribution in [0, 0.1) is 0 Å². The molecule has 1 fully saturated rings. The Balaban J connectivity index is 1.83. The monoisotopic (exact) mass is 259 g/mol. The first kappa shape index (κ1) is 14.4. The van der Waals surface area contributed by atoms with Gasteiger partial charge in [-0.3, -0.25) is 0 Å². The molecule has 1 nitrogen and oxygen atoms in total. The maximum absolute atomic E-state index is 3.73. The predicted octanol–water partition coefficient (Wildman–Crippen LogP) is 5.55. The molecule has 0 atom stereocenters. The van der Waals surface area contributed by atoms with Crippen LogP contribution in [0.5, 0.6) is 0 Å². The maximum atomic E-state index is 3.73. The van der Waals surface area contributed by atoms with E-state index in [1.807, 2.05) is 0 Å². The van der Waals surface area contributed by atoms with Gasteiger partial charge in [-0.25, -0.2) is 0 Å². The number of nitrogens with one attached hydrogen (secondary N) is 1. The standard InChI is InChI=1S/C18H29N/c1-2-3-9-16-12-14-18(15-13-16)19-17-10-7-5-4-6-8-11-17/h12-15,17,19H,2-11H2,1H3. The van der Waals surface area contributed by atoms with E-state index in [4.69, 9.17) is 0 Å². The Morgan fingerprint density at radius 2 is 1.58 bits per heavy atom. The van der Waals surface area contributed by atoms with Gasteiger partial charge in [0, 0.05) is 11.7 Å². The summed E-state index contributed by atoms with van der Waals surface area (Å²) in [6.07, 6.45) is 13.6. The first-order valence-electron chi connectivity index (χ1n) is 8.24. The third-order valence-corrected chi connectivity index (χ3v) is 4.25. The van der Waals surface area contributed by atoms with Crippen LogP contribution in [-0.4, -0.2) is 6.04 Å². The van der Waals surface area contributed by atoms with Crippen molar-refractivity contribution in [3.63, 3.8) is 0 Å². The summed E-state index contributed by atoms with van der Waals surface area (Å²) in [7, 11) is 0. The van der Waals surface area contributed by atoms with Crippen molar-refractivity contribution in [2.75, 3.05) is 5.32 Å². The van der Waals surface area contributed by atoms with E-state index < -0.39 is 0 Å². The molecule has 1 saturated carbocycles. The Morgan fingerprint density at radius 3 is 2.21 bits per heavy atom. The molecule has 0 spiro atoms. The zero-order valence-corrected chi connectivity index (χ0v) is 12.5. The van der Waals surface area contributed by atoms with Crippen LogP contribution in [0.2, 0.25) is 0 Å². The van der Waals surface area contributed by atoms with E-state index in [1.54, 1.807) is 0 Å². The fourth-order valence-corrected chi connectivity index (χ4v) is 2.98. The molecule has 19 heavy (non-hydrogen) atoms. The van der Waals surface area contributed by atoms with Crippen molar-refractivity contribution in [1.82, 2.24) is 0 Å². The van der Waals surface area contributed by atoms with Crippen molar-refractivity contribution >= 4 is 5.69 Å². The third-order valence-electron chi connectivity index (χ3n) is 4.25. The molecular weight excluding hydrogens is 230 g/mol. The highest BCUT2D eigenvalue weighted by Gasteiger charge is 2.10. The van der Waals surface area contributed by atoms with Crippen molar-refractivity contribution < 1.29 is 0 Å². The maximum Gasteiger partial charge on any atom is 0.0342 e. The summed E-state index contributed by atoms with van der Waals surface area (Å²) >= 11 is 0. The molecule has 0 saturated heterocycles. The molecule has 2 rings (SSSR count). The Bertz CT molecular complexity index is 333. The lowest BCUT2D eigenvalue weighted by Gasteiger charge is -2.22. The molecule has 0 aliphatic heterocycles. The molecule has 0 aromatic heterocycles. The van der Waals surface area contributed by atoms with Crippen molar-refractivity contribution in [3.8, 4) is 0 Å². The van der Waals surface area contributed by atoms with Gasteiger partial charge < -0.3 is 5.32 Å². The molecule has 0 radical (unpaired) electrons. The summed E-state index contributed by atoms with van der Waals surface area (Å²) in [5.74, 6) is 0. The van der Waals surface area contributed by atoms with Gasteiger partial charge >= 0.3 is 0 Å². The van der Waals surface area contributed by atoms with Crippen LogP contribution in [0.25, 0.3) is 0 Å². The lowest BCUT2D eigenvalue weighted by atomic mass is 9.96. The second-order valence-electron chi connectivity index (χ2n) is 5.99. The minimum atomic E-state index is 0.696. The molecule has 1 N–H and O–H groups in total. The van der Waals surface area contributed by atoms with E-state index in [0.29, 0.717) is 6.04 Å². The molecule has 1 aromatic rings. The Hall–Kier alpha value is -0.980. The van der Waals surface area contributed by atoms with Crippen LogP contribution in [0.1, 0.15) is 70.3 Å².